The van der Waals surface area contributed by atoms with Gasteiger partial charge in [0.1, 0.15) is 11.6 Å². The van der Waals surface area contributed by atoms with Gasteiger partial charge in [-0.15, -0.1) is 11.3 Å². The van der Waals surface area contributed by atoms with E-state index in [1.54, 1.807) is 49.2 Å². The predicted octanol–water partition coefficient (Wildman–Crippen LogP) is 5.25. The van der Waals surface area contributed by atoms with Crippen LogP contribution in [0.25, 0.3) is 33.4 Å². The van der Waals surface area contributed by atoms with Crippen LogP contribution in [0.15, 0.2) is 72.5 Å². The number of anilines is 2. The molecule has 3 heterocycles. The summed E-state index contributed by atoms with van der Waals surface area (Å²) in [6.45, 7) is 0. The number of benzene rings is 2. The molecule has 0 aliphatic heterocycles. The summed E-state index contributed by atoms with van der Waals surface area (Å²) in [5, 5.41) is 8.60. The summed E-state index contributed by atoms with van der Waals surface area (Å²) >= 11 is 1.27. The molecule has 0 unspecified atom stereocenters. The van der Waals surface area contributed by atoms with Crippen molar-refractivity contribution in [3.05, 3.63) is 83.9 Å². The first-order chi connectivity index (χ1) is 16.1. The van der Waals surface area contributed by atoms with Crippen LogP contribution in [-0.2, 0) is 0 Å². The number of hydrogen-bond donors (Lipinski definition) is 2. The largest absolute Gasteiger partial charge is 0.373 e. The highest BCUT2D eigenvalue weighted by Gasteiger charge is 2.18. The minimum Gasteiger partial charge on any atom is -0.373 e. The van der Waals surface area contributed by atoms with Gasteiger partial charge in [-0.1, -0.05) is 18.2 Å². The summed E-state index contributed by atoms with van der Waals surface area (Å²) in [4.78, 5) is 30.0. The predicted molar refractivity (Wildman–Crippen MR) is 128 cm³/mol. The maximum atomic E-state index is 15.4. The van der Waals surface area contributed by atoms with Gasteiger partial charge in [0.2, 0.25) is 0 Å². The Kier molecular flexibility index (Phi) is 5.45. The van der Waals surface area contributed by atoms with Crippen LogP contribution in [0.3, 0.4) is 0 Å². The van der Waals surface area contributed by atoms with E-state index in [2.05, 4.69) is 30.6 Å². The molecular weight excluding hydrogens is 439 g/mol. The number of amides is 1. The lowest BCUT2D eigenvalue weighted by molar-refractivity contribution is 0.102. The zero-order chi connectivity index (χ0) is 22.8. The number of aromatic nitrogens is 4. The van der Waals surface area contributed by atoms with Gasteiger partial charge in [-0.05, 0) is 35.9 Å². The summed E-state index contributed by atoms with van der Waals surface area (Å²) in [7, 11) is 1.77. The molecule has 33 heavy (non-hydrogen) atoms. The van der Waals surface area contributed by atoms with Gasteiger partial charge in [-0.3, -0.25) is 15.1 Å². The van der Waals surface area contributed by atoms with Gasteiger partial charge >= 0.3 is 0 Å². The van der Waals surface area contributed by atoms with Crippen LogP contribution in [0.1, 0.15) is 10.4 Å². The van der Waals surface area contributed by atoms with Crippen molar-refractivity contribution in [1.29, 1.82) is 0 Å². The molecular formula is C24H17FN6OS. The topological polar surface area (TPSA) is 92.7 Å². The van der Waals surface area contributed by atoms with Crippen LogP contribution < -0.4 is 10.6 Å². The maximum Gasteiger partial charge on any atom is 0.260 e. The van der Waals surface area contributed by atoms with E-state index in [0.29, 0.717) is 33.4 Å². The van der Waals surface area contributed by atoms with Gasteiger partial charge in [0, 0.05) is 47.5 Å². The SMILES string of the molecule is CNc1nc(-c2cccnc2)nc2ccc(-c3cccc(C(=O)Nc4nccs4)c3F)cc12. The van der Waals surface area contributed by atoms with Crippen LogP contribution in [0, 0.1) is 5.82 Å². The van der Waals surface area contributed by atoms with E-state index < -0.39 is 11.7 Å². The molecule has 0 saturated carbocycles. The van der Waals surface area contributed by atoms with Gasteiger partial charge < -0.3 is 5.32 Å². The van der Waals surface area contributed by atoms with Crippen molar-refractivity contribution in [3.63, 3.8) is 0 Å². The molecule has 1 amide bonds. The zero-order valence-corrected chi connectivity index (χ0v) is 18.2. The van der Waals surface area contributed by atoms with Gasteiger partial charge in [-0.2, -0.15) is 0 Å². The fraction of sp³-hybridized carbons (Fsp3) is 0.0417. The number of rotatable bonds is 5. The van der Waals surface area contributed by atoms with Crippen molar-refractivity contribution in [2.45, 2.75) is 0 Å². The lowest BCUT2D eigenvalue weighted by Gasteiger charge is -2.12. The highest BCUT2D eigenvalue weighted by Crippen LogP contribution is 2.31. The first-order valence-electron chi connectivity index (χ1n) is 10.0. The molecule has 0 bridgehead atoms. The summed E-state index contributed by atoms with van der Waals surface area (Å²) in [5.41, 5.74) is 2.36. The van der Waals surface area contributed by atoms with Crippen LogP contribution in [0.5, 0.6) is 0 Å². The Balaban J connectivity index is 1.56. The Labute approximate surface area is 192 Å². The summed E-state index contributed by atoms with van der Waals surface area (Å²) in [6, 6.07) is 13.9. The number of thiazole rings is 1. The molecule has 2 aromatic carbocycles. The third-order valence-electron chi connectivity index (χ3n) is 5.06. The van der Waals surface area contributed by atoms with Crippen LogP contribution in [0.2, 0.25) is 0 Å². The molecule has 0 aliphatic rings. The monoisotopic (exact) mass is 456 g/mol. The lowest BCUT2D eigenvalue weighted by atomic mass is 10.00. The fourth-order valence-electron chi connectivity index (χ4n) is 3.49. The minimum absolute atomic E-state index is 0.0557. The standard InChI is InChI=1S/C24H17FN6OS/c1-26-22-18-12-14(7-8-19(18)29-21(30-22)15-4-3-9-27-13-15)16-5-2-6-17(20(16)25)23(32)31-24-28-10-11-33-24/h2-13H,1H3,(H,26,29,30)(H,28,31,32). The summed E-state index contributed by atoms with van der Waals surface area (Å²) in [5.74, 6) is -0.00576. The van der Waals surface area contributed by atoms with E-state index in [1.165, 1.54) is 17.4 Å². The Hall–Kier alpha value is -4.24. The molecule has 162 valence electrons. The first kappa shape index (κ1) is 20.7. The van der Waals surface area contributed by atoms with Crippen molar-refractivity contribution in [2.24, 2.45) is 0 Å². The summed E-state index contributed by atoms with van der Waals surface area (Å²) in [6.07, 6.45) is 4.96. The van der Waals surface area contributed by atoms with Gasteiger partial charge in [-0.25, -0.2) is 19.3 Å². The van der Waals surface area contributed by atoms with Crippen molar-refractivity contribution >= 4 is 39.1 Å². The van der Waals surface area contributed by atoms with E-state index in [9.17, 15) is 4.79 Å². The normalized spacial score (nSPS) is 10.8. The Morgan fingerprint density at radius 3 is 2.70 bits per heavy atom. The zero-order valence-electron chi connectivity index (χ0n) is 17.4. The third-order valence-corrected chi connectivity index (χ3v) is 5.75. The molecule has 0 spiro atoms. The number of nitrogens with zero attached hydrogens (tertiary/aromatic N) is 4. The molecule has 2 N–H and O–H groups in total. The number of halogens is 1. The molecule has 5 aromatic rings. The molecule has 0 saturated heterocycles. The second-order valence-electron chi connectivity index (χ2n) is 7.08. The lowest BCUT2D eigenvalue weighted by Crippen LogP contribution is -2.14. The summed E-state index contributed by atoms with van der Waals surface area (Å²) < 4.78 is 15.4. The number of nitrogens with one attached hydrogen (secondary N) is 2. The Morgan fingerprint density at radius 1 is 1.03 bits per heavy atom. The molecule has 0 radical (unpaired) electrons. The molecule has 3 aromatic heterocycles. The van der Waals surface area contributed by atoms with Crippen molar-refractivity contribution < 1.29 is 9.18 Å². The van der Waals surface area contributed by atoms with Crippen molar-refractivity contribution in [1.82, 2.24) is 19.9 Å². The van der Waals surface area contributed by atoms with Gasteiger partial charge in [0.05, 0.1) is 11.1 Å². The number of hydrogen-bond acceptors (Lipinski definition) is 7. The van der Waals surface area contributed by atoms with E-state index >= 15 is 4.39 Å². The first-order valence-corrected chi connectivity index (χ1v) is 10.9. The highest BCUT2D eigenvalue weighted by molar-refractivity contribution is 7.13. The Bertz CT molecular complexity index is 1460. The van der Waals surface area contributed by atoms with Crippen LogP contribution in [0.4, 0.5) is 15.3 Å². The van der Waals surface area contributed by atoms with E-state index in [-0.39, 0.29) is 5.56 Å². The van der Waals surface area contributed by atoms with Crippen molar-refractivity contribution in [3.8, 4) is 22.5 Å². The third kappa shape index (κ3) is 4.01. The second kappa shape index (κ2) is 8.71. The number of fused-ring (bicyclic) bond motifs is 1. The van der Waals surface area contributed by atoms with Gasteiger partial charge in [0.25, 0.3) is 5.91 Å². The fourth-order valence-corrected chi connectivity index (χ4v) is 4.01. The van der Waals surface area contributed by atoms with E-state index in [4.69, 9.17) is 0 Å². The maximum absolute atomic E-state index is 15.4. The molecule has 9 heteroatoms. The number of pyridine rings is 1. The molecule has 7 nitrogen and oxygen atoms in total. The van der Waals surface area contributed by atoms with Crippen molar-refractivity contribution in [2.75, 3.05) is 17.7 Å². The smallest absolute Gasteiger partial charge is 0.260 e. The Morgan fingerprint density at radius 2 is 1.94 bits per heavy atom. The quantitative estimate of drug-likeness (QED) is 0.375. The molecule has 0 fully saturated rings. The second-order valence-corrected chi connectivity index (χ2v) is 7.97. The molecule has 0 aliphatic carbocycles. The molecule has 5 rings (SSSR count). The highest BCUT2D eigenvalue weighted by atomic mass is 32.1. The van der Waals surface area contributed by atoms with Crippen LogP contribution in [-0.4, -0.2) is 32.9 Å². The number of carbonyl (C=O) groups is 1. The number of carbonyl (C=O) groups excluding carboxylic acids is 1. The van der Waals surface area contributed by atoms with E-state index in [0.717, 1.165) is 10.9 Å². The van der Waals surface area contributed by atoms with Gasteiger partial charge in [0.15, 0.2) is 11.0 Å². The average Bonchev–Trinajstić information content (AvgIpc) is 3.36. The molecule has 0 atom stereocenters. The van der Waals surface area contributed by atoms with E-state index in [1.807, 2.05) is 24.3 Å². The average molecular weight is 457 g/mol. The van der Waals surface area contributed by atoms with Crippen LogP contribution >= 0.6 is 11.3 Å². The minimum atomic E-state index is -0.607.